The number of aliphatic hydroxyl groups is 1. The first-order valence-corrected chi connectivity index (χ1v) is 7.06. The van der Waals surface area contributed by atoms with E-state index in [4.69, 9.17) is 4.74 Å². The number of nitrogens with zero attached hydrogens (tertiary/aromatic N) is 1. The molecule has 1 amide bonds. The Balaban J connectivity index is 1.78. The number of ether oxygens (including phenoxy) is 1. The number of aliphatic hydroxyl groups excluding tert-OH is 1. The molecule has 2 aliphatic heterocycles. The van der Waals surface area contributed by atoms with Gasteiger partial charge in [-0.15, -0.1) is 0 Å². The van der Waals surface area contributed by atoms with E-state index >= 15 is 0 Å². The van der Waals surface area contributed by atoms with Crippen molar-refractivity contribution in [3.63, 3.8) is 0 Å². The molecule has 4 nitrogen and oxygen atoms in total. The molecule has 1 N–H and O–H groups in total. The SMILES string of the molecule is CC1(C)CN(C(=O)CCC2CCCO2)CCC1O. The van der Waals surface area contributed by atoms with E-state index in [-0.39, 0.29) is 23.5 Å². The molecule has 4 heteroatoms. The van der Waals surface area contributed by atoms with Gasteiger partial charge < -0.3 is 14.7 Å². The molecule has 2 rings (SSSR count). The van der Waals surface area contributed by atoms with Crippen molar-refractivity contribution in [1.29, 1.82) is 0 Å². The molecular formula is C14H25NO3. The first-order chi connectivity index (χ1) is 8.49. The quantitative estimate of drug-likeness (QED) is 0.832. The van der Waals surface area contributed by atoms with E-state index in [9.17, 15) is 9.90 Å². The van der Waals surface area contributed by atoms with Gasteiger partial charge in [0.2, 0.25) is 5.91 Å². The number of carbonyl (C=O) groups is 1. The molecule has 2 saturated heterocycles. The van der Waals surface area contributed by atoms with Gasteiger partial charge in [-0.1, -0.05) is 13.8 Å². The highest BCUT2D eigenvalue weighted by molar-refractivity contribution is 5.76. The molecule has 0 aromatic rings. The number of hydrogen-bond acceptors (Lipinski definition) is 3. The molecule has 0 radical (unpaired) electrons. The van der Waals surface area contributed by atoms with Crippen LogP contribution in [0, 0.1) is 5.41 Å². The first kappa shape index (κ1) is 13.8. The van der Waals surface area contributed by atoms with Crippen LogP contribution in [-0.2, 0) is 9.53 Å². The molecule has 0 aromatic carbocycles. The second kappa shape index (κ2) is 5.57. The maximum atomic E-state index is 12.1. The van der Waals surface area contributed by atoms with Gasteiger partial charge in [0.15, 0.2) is 0 Å². The van der Waals surface area contributed by atoms with Crippen molar-refractivity contribution in [2.24, 2.45) is 5.41 Å². The summed E-state index contributed by atoms with van der Waals surface area (Å²) in [6.45, 7) is 6.25. The van der Waals surface area contributed by atoms with Crippen LogP contribution in [0.3, 0.4) is 0 Å². The first-order valence-electron chi connectivity index (χ1n) is 7.06. The Labute approximate surface area is 109 Å². The fraction of sp³-hybridized carbons (Fsp3) is 0.929. The summed E-state index contributed by atoms with van der Waals surface area (Å²) in [5, 5.41) is 9.88. The number of amides is 1. The summed E-state index contributed by atoms with van der Waals surface area (Å²) in [4.78, 5) is 14.0. The van der Waals surface area contributed by atoms with Gasteiger partial charge >= 0.3 is 0 Å². The largest absolute Gasteiger partial charge is 0.392 e. The number of piperidine rings is 1. The zero-order chi connectivity index (χ0) is 13.2. The Morgan fingerprint density at radius 1 is 1.44 bits per heavy atom. The third kappa shape index (κ3) is 3.23. The summed E-state index contributed by atoms with van der Waals surface area (Å²) in [6.07, 6.45) is 4.34. The maximum absolute atomic E-state index is 12.1. The number of rotatable bonds is 3. The fourth-order valence-electron chi connectivity index (χ4n) is 2.87. The summed E-state index contributed by atoms with van der Waals surface area (Å²) < 4.78 is 5.54. The average molecular weight is 255 g/mol. The molecule has 0 spiro atoms. The van der Waals surface area contributed by atoms with Crippen molar-refractivity contribution in [2.75, 3.05) is 19.7 Å². The van der Waals surface area contributed by atoms with E-state index in [2.05, 4.69) is 0 Å². The topological polar surface area (TPSA) is 49.8 Å². The Morgan fingerprint density at radius 2 is 2.22 bits per heavy atom. The zero-order valence-electron chi connectivity index (χ0n) is 11.5. The van der Waals surface area contributed by atoms with Crippen LogP contribution in [-0.4, -0.2) is 47.8 Å². The van der Waals surface area contributed by atoms with Gasteiger partial charge in [0, 0.05) is 31.5 Å². The van der Waals surface area contributed by atoms with Crippen LogP contribution in [0.15, 0.2) is 0 Å². The van der Waals surface area contributed by atoms with E-state index in [0.29, 0.717) is 25.9 Å². The van der Waals surface area contributed by atoms with E-state index in [1.54, 1.807) is 0 Å². The van der Waals surface area contributed by atoms with Crippen molar-refractivity contribution in [3.8, 4) is 0 Å². The highest BCUT2D eigenvalue weighted by Gasteiger charge is 2.36. The monoisotopic (exact) mass is 255 g/mol. The Hall–Kier alpha value is -0.610. The van der Waals surface area contributed by atoms with Crippen LogP contribution >= 0.6 is 0 Å². The van der Waals surface area contributed by atoms with E-state index in [1.807, 2.05) is 18.7 Å². The molecule has 18 heavy (non-hydrogen) atoms. The van der Waals surface area contributed by atoms with Crippen LogP contribution in [0.2, 0.25) is 0 Å². The number of carbonyl (C=O) groups excluding carboxylic acids is 1. The lowest BCUT2D eigenvalue weighted by Gasteiger charge is -2.41. The highest BCUT2D eigenvalue weighted by Crippen LogP contribution is 2.29. The minimum Gasteiger partial charge on any atom is -0.392 e. The van der Waals surface area contributed by atoms with Gasteiger partial charge in [-0.3, -0.25) is 4.79 Å². The molecule has 104 valence electrons. The van der Waals surface area contributed by atoms with Crippen molar-refractivity contribution < 1.29 is 14.6 Å². The molecular weight excluding hydrogens is 230 g/mol. The standard InChI is InChI=1S/C14H25NO3/c1-14(2)10-15(8-7-12(14)16)13(17)6-5-11-4-3-9-18-11/h11-12,16H,3-10H2,1-2H3. The van der Waals surface area contributed by atoms with E-state index in [0.717, 1.165) is 25.9 Å². The number of hydrogen-bond donors (Lipinski definition) is 1. The van der Waals surface area contributed by atoms with Crippen molar-refractivity contribution in [3.05, 3.63) is 0 Å². The lowest BCUT2D eigenvalue weighted by atomic mass is 9.81. The summed E-state index contributed by atoms with van der Waals surface area (Å²) in [5.74, 6) is 0.213. The van der Waals surface area contributed by atoms with Gasteiger partial charge in [-0.2, -0.15) is 0 Å². The van der Waals surface area contributed by atoms with Gasteiger partial charge in [0.25, 0.3) is 0 Å². The smallest absolute Gasteiger partial charge is 0.222 e. The predicted octanol–water partition coefficient (Wildman–Crippen LogP) is 1.56. The Bertz CT molecular complexity index is 297. The maximum Gasteiger partial charge on any atom is 0.222 e. The Kier molecular flexibility index (Phi) is 4.28. The summed E-state index contributed by atoms with van der Waals surface area (Å²) in [7, 11) is 0. The lowest BCUT2D eigenvalue weighted by Crippen LogP contribution is -2.50. The second-order valence-corrected chi connectivity index (χ2v) is 6.28. The average Bonchev–Trinajstić information content (AvgIpc) is 2.82. The molecule has 2 atom stereocenters. The third-order valence-corrected chi connectivity index (χ3v) is 4.23. The summed E-state index contributed by atoms with van der Waals surface area (Å²) in [6, 6.07) is 0. The normalized spacial score (nSPS) is 31.6. The van der Waals surface area contributed by atoms with Crippen LogP contribution < -0.4 is 0 Å². The molecule has 0 aliphatic carbocycles. The lowest BCUT2D eigenvalue weighted by molar-refractivity contribution is -0.138. The Morgan fingerprint density at radius 3 is 2.83 bits per heavy atom. The van der Waals surface area contributed by atoms with E-state index in [1.165, 1.54) is 0 Å². The highest BCUT2D eigenvalue weighted by atomic mass is 16.5. The second-order valence-electron chi connectivity index (χ2n) is 6.28. The number of likely N-dealkylation sites (tertiary alicyclic amines) is 1. The van der Waals surface area contributed by atoms with Crippen molar-refractivity contribution >= 4 is 5.91 Å². The van der Waals surface area contributed by atoms with Gasteiger partial charge in [-0.25, -0.2) is 0 Å². The molecule has 0 bridgehead atoms. The van der Waals surface area contributed by atoms with Crippen LogP contribution in [0.1, 0.15) is 46.0 Å². The molecule has 2 heterocycles. The third-order valence-electron chi connectivity index (χ3n) is 4.23. The summed E-state index contributed by atoms with van der Waals surface area (Å²) >= 11 is 0. The molecule has 2 unspecified atom stereocenters. The molecule has 2 fully saturated rings. The van der Waals surface area contributed by atoms with Crippen LogP contribution in [0.5, 0.6) is 0 Å². The minimum absolute atomic E-state index is 0.183. The molecule has 0 aromatic heterocycles. The fourth-order valence-corrected chi connectivity index (χ4v) is 2.87. The molecule has 0 saturated carbocycles. The van der Waals surface area contributed by atoms with Crippen LogP contribution in [0.25, 0.3) is 0 Å². The van der Waals surface area contributed by atoms with Gasteiger partial charge in [0.1, 0.15) is 0 Å². The zero-order valence-corrected chi connectivity index (χ0v) is 11.5. The van der Waals surface area contributed by atoms with Crippen molar-refractivity contribution in [2.45, 2.75) is 58.2 Å². The van der Waals surface area contributed by atoms with Gasteiger partial charge in [0.05, 0.1) is 12.2 Å². The summed E-state index contributed by atoms with van der Waals surface area (Å²) in [5.41, 5.74) is -0.183. The van der Waals surface area contributed by atoms with E-state index < -0.39 is 0 Å². The minimum atomic E-state index is -0.292. The predicted molar refractivity (Wildman–Crippen MR) is 69.2 cm³/mol. The molecule has 2 aliphatic rings. The van der Waals surface area contributed by atoms with Gasteiger partial charge in [-0.05, 0) is 25.7 Å². The van der Waals surface area contributed by atoms with Crippen molar-refractivity contribution in [1.82, 2.24) is 4.90 Å². The van der Waals surface area contributed by atoms with Crippen LogP contribution in [0.4, 0.5) is 0 Å².